The molecule has 0 unspecified atom stereocenters. The highest BCUT2D eigenvalue weighted by Gasteiger charge is 2.45. The number of nitrogens with zero attached hydrogens (tertiary/aromatic N) is 1. The van der Waals surface area contributed by atoms with Crippen LogP contribution < -0.4 is 19.5 Å². The molecule has 3 rings (SSSR count). The van der Waals surface area contributed by atoms with Gasteiger partial charge >= 0.3 is 0 Å². The summed E-state index contributed by atoms with van der Waals surface area (Å²) in [7, 11) is 2.94. The van der Waals surface area contributed by atoms with Gasteiger partial charge in [-0.2, -0.15) is 0 Å². The molecule has 6 nitrogen and oxygen atoms in total. The van der Waals surface area contributed by atoms with E-state index in [1.54, 1.807) is 11.0 Å². The monoisotopic (exact) mass is 458 g/mol. The van der Waals surface area contributed by atoms with Gasteiger partial charge in [-0.25, -0.2) is 8.78 Å². The van der Waals surface area contributed by atoms with E-state index in [4.69, 9.17) is 14.2 Å². The summed E-state index contributed by atoms with van der Waals surface area (Å²) in [5.41, 5.74) is 1.16. The molecule has 0 aromatic heterocycles. The number of benzene rings is 2. The molecular weight excluding hydrogens is 430 g/mol. The fourth-order valence-electron chi connectivity index (χ4n) is 3.67. The Morgan fingerprint density at radius 2 is 1.65 bits per heavy atom. The Kier molecular flexibility index (Phi) is 9.31. The van der Waals surface area contributed by atoms with Crippen molar-refractivity contribution in [2.75, 3.05) is 47.0 Å². The molecule has 1 aliphatic heterocycles. The lowest BCUT2D eigenvalue weighted by Gasteiger charge is -2.39. The molecule has 0 saturated carbocycles. The molecule has 0 spiro atoms. The smallest absolute Gasteiger partial charge is 0.290 e. The number of halogens is 3. The number of hydrogen-bond donors (Lipinski definition) is 2. The van der Waals surface area contributed by atoms with Gasteiger partial charge in [0.2, 0.25) is 0 Å². The second-order valence-electron chi connectivity index (χ2n) is 7.13. The molecule has 1 saturated heterocycles. The van der Waals surface area contributed by atoms with Crippen LogP contribution in [0.3, 0.4) is 0 Å². The third-order valence-corrected chi connectivity index (χ3v) is 5.18. The van der Waals surface area contributed by atoms with Crippen LogP contribution in [0.1, 0.15) is 17.2 Å². The van der Waals surface area contributed by atoms with Crippen LogP contribution in [0.4, 0.5) is 8.78 Å². The summed E-state index contributed by atoms with van der Waals surface area (Å²) in [6, 6.07) is 11.2. The van der Waals surface area contributed by atoms with Crippen molar-refractivity contribution in [3.8, 4) is 17.2 Å². The number of hydrogen-bond acceptors (Lipinski definition) is 6. The zero-order valence-electron chi connectivity index (χ0n) is 17.6. The summed E-state index contributed by atoms with van der Waals surface area (Å²) in [6.07, 6.45) is 0. The Bertz CT molecular complexity index is 821. The van der Waals surface area contributed by atoms with Crippen LogP contribution in [-0.2, 0) is 6.61 Å². The largest absolute Gasteiger partial charge is 0.493 e. The van der Waals surface area contributed by atoms with Gasteiger partial charge in [0.05, 0.1) is 14.2 Å². The van der Waals surface area contributed by atoms with Crippen molar-refractivity contribution in [3.63, 3.8) is 0 Å². The summed E-state index contributed by atoms with van der Waals surface area (Å²) >= 11 is 0. The average Bonchev–Trinajstić information content (AvgIpc) is 2.79. The number of piperazine rings is 1. The normalized spacial score (nSPS) is 15.6. The molecule has 2 aromatic rings. The molecule has 1 aliphatic rings. The Morgan fingerprint density at radius 3 is 2.23 bits per heavy atom. The minimum atomic E-state index is -3.37. The zero-order valence-corrected chi connectivity index (χ0v) is 18.5. The second kappa shape index (κ2) is 11.5. The Labute approximate surface area is 187 Å². The van der Waals surface area contributed by atoms with Gasteiger partial charge in [-0.05, 0) is 11.6 Å². The maximum atomic E-state index is 15.0. The quantitative estimate of drug-likeness (QED) is 0.601. The predicted molar refractivity (Wildman–Crippen MR) is 117 cm³/mol. The van der Waals surface area contributed by atoms with Crippen molar-refractivity contribution in [2.45, 2.75) is 18.6 Å². The molecule has 0 radical (unpaired) electrons. The second-order valence-corrected chi connectivity index (χ2v) is 7.13. The fourth-order valence-corrected chi connectivity index (χ4v) is 3.67. The summed E-state index contributed by atoms with van der Waals surface area (Å²) in [6.45, 7) is 0.965. The predicted octanol–water partition coefficient (Wildman–Crippen LogP) is 3.28. The topological polar surface area (TPSA) is 63.2 Å². The van der Waals surface area contributed by atoms with Gasteiger partial charge in [-0.1, -0.05) is 30.3 Å². The van der Waals surface area contributed by atoms with Crippen LogP contribution in [0.25, 0.3) is 0 Å². The first-order chi connectivity index (χ1) is 14.5. The number of aliphatic hydroxyl groups is 1. The Balaban J connectivity index is 0.00000341. The van der Waals surface area contributed by atoms with Crippen molar-refractivity contribution >= 4 is 12.4 Å². The van der Waals surface area contributed by atoms with E-state index in [0.717, 1.165) is 5.56 Å². The zero-order chi connectivity index (χ0) is 21.6. The minimum absolute atomic E-state index is 0. The molecule has 2 N–H and O–H groups in total. The van der Waals surface area contributed by atoms with E-state index in [9.17, 15) is 5.11 Å². The van der Waals surface area contributed by atoms with Crippen LogP contribution in [0, 0.1) is 0 Å². The minimum Gasteiger partial charge on any atom is -0.493 e. The highest BCUT2D eigenvalue weighted by atomic mass is 35.5. The lowest BCUT2D eigenvalue weighted by atomic mass is 9.96. The molecular formula is C22H29ClF2N2O4. The van der Waals surface area contributed by atoms with E-state index in [1.165, 1.54) is 20.3 Å². The SMILES string of the molecule is COc1cc(OCc2ccccc2)c([C@@H](N2CCNCC2)C(F)(F)CO)cc1OC.Cl. The van der Waals surface area contributed by atoms with Gasteiger partial charge in [0, 0.05) is 37.8 Å². The van der Waals surface area contributed by atoms with E-state index in [1.807, 2.05) is 30.3 Å². The van der Waals surface area contributed by atoms with E-state index >= 15 is 8.78 Å². The molecule has 9 heteroatoms. The molecule has 1 fully saturated rings. The van der Waals surface area contributed by atoms with Crippen LogP contribution in [0.15, 0.2) is 42.5 Å². The van der Waals surface area contributed by atoms with E-state index in [0.29, 0.717) is 37.7 Å². The van der Waals surface area contributed by atoms with Gasteiger partial charge < -0.3 is 24.6 Å². The van der Waals surface area contributed by atoms with Gasteiger partial charge in [0.25, 0.3) is 5.92 Å². The molecule has 172 valence electrons. The molecule has 0 amide bonds. The number of methoxy groups -OCH3 is 2. The maximum absolute atomic E-state index is 15.0. The van der Waals surface area contributed by atoms with Crippen LogP contribution in [0.2, 0.25) is 0 Å². The number of alkyl halides is 2. The third-order valence-electron chi connectivity index (χ3n) is 5.18. The van der Waals surface area contributed by atoms with Crippen molar-refractivity contribution in [3.05, 3.63) is 53.6 Å². The summed E-state index contributed by atoms with van der Waals surface area (Å²) < 4.78 is 46.7. The molecule has 0 aliphatic carbocycles. The van der Waals surface area contributed by atoms with Gasteiger partial charge in [-0.3, -0.25) is 4.90 Å². The van der Waals surface area contributed by atoms with Crippen molar-refractivity contribution < 1.29 is 28.1 Å². The summed E-state index contributed by atoms with van der Waals surface area (Å²) in [4.78, 5) is 1.67. The maximum Gasteiger partial charge on any atom is 0.290 e. The first-order valence-corrected chi connectivity index (χ1v) is 9.86. The molecule has 0 bridgehead atoms. The fraction of sp³-hybridized carbons (Fsp3) is 0.455. The number of nitrogens with one attached hydrogen (secondary N) is 1. The average molecular weight is 459 g/mol. The van der Waals surface area contributed by atoms with Crippen LogP contribution in [-0.4, -0.2) is 62.9 Å². The van der Waals surface area contributed by atoms with E-state index in [2.05, 4.69) is 5.32 Å². The van der Waals surface area contributed by atoms with Crippen molar-refractivity contribution in [1.29, 1.82) is 0 Å². The number of ether oxygens (including phenoxy) is 3. The van der Waals surface area contributed by atoms with E-state index < -0.39 is 18.6 Å². The van der Waals surface area contributed by atoms with Crippen LogP contribution in [0.5, 0.6) is 17.2 Å². The van der Waals surface area contributed by atoms with Crippen molar-refractivity contribution in [2.24, 2.45) is 0 Å². The Hall–Kier alpha value is -2.13. The first kappa shape index (κ1) is 25.1. The third kappa shape index (κ3) is 5.98. The molecule has 1 heterocycles. The molecule has 1 atom stereocenters. The molecule has 2 aromatic carbocycles. The number of aliphatic hydroxyl groups excluding tert-OH is 1. The highest BCUT2D eigenvalue weighted by Crippen LogP contribution is 2.45. The van der Waals surface area contributed by atoms with Crippen LogP contribution >= 0.6 is 12.4 Å². The number of rotatable bonds is 9. The summed E-state index contributed by atoms with van der Waals surface area (Å²) in [5.74, 6) is -2.39. The van der Waals surface area contributed by atoms with E-state index in [-0.39, 0.29) is 30.3 Å². The van der Waals surface area contributed by atoms with Gasteiger partial charge in [-0.15, -0.1) is 12.4 Å². The van der Waals surface area contributed by atoms with Crippen molar-refractivity contribution in [1.82, 2.24) is 10.2 Å². The summed E-state index contributed by atoms with van der Waals surface area (Å²) in [5, 5.41) is 12.7. The first-order valence-electron chi connectivity index (χ1n) is 9.86. The standard InChI is InChI=1S/C22H28F2N2O4.ClH/c1-28-19-12-17(21(22(23,24)15-27)26-10-8-25-9-11-26)18(13-20(19)29-2)30-14-16-6-4-3-5-7-16;/h3-7,12-13,21,25,27H,8-11,14-15H2,1-2H3;1H/t21-;/m1./s1. The molecule has 31 heavy (non-hydrogen) atoms. The van der Waals surface area contributed by atoms with Gasteiger partial charge in [0.15, 0.2) is 11.5 Å². The lowest BCUT2D eigenvalue weighted by molar-refractivity contribution is -0.119. The van der Waals surface area contributed by atoms with Gasteiger partial charge in [0.1, 0.15) is 25.0 Å². The Morgan fingerprint density at radius 1 is 1.03 bits per heavy atom. The lowest BCUT2D eigenvalue weighted by Crippen LogP contribution is -2.51. The highest BCUT2D eigenvalue weighted by molar-refractivity contribution is 5.85.